The van der Waals surface area contributed by atoms with Crippen molar-refractivity contribution in [3.63, 3.8) is 0 Å². The average Bonchev–Trinajstić information content (AvgIpc) is 3.06. The van der Waals surface area contributed by atoms with Crippen LogP contribution in [0.25, 0.3) is 0 Å². The standard InChI is InChI=1S/C13H18IN/c1-15-13(11-5-6-11)9-4-10-2-7-12(14)8-3-10/h2-3,7-8,11,13,15H,4-6,9H2,1H3. The van der Waals surface area contributed by atoms with Crippen LogP contribution >= 0.6 is 22.6 Å². The van der Waals surface area contributed by atoms with Crippen molar-refractivity contribution in [2.75, 3.05) is 7.05 Å². The highest BCUT2D eigenvalue weighted by molar-refractivity contribution is 14.1. The van der Waals surface area contributed by atoms with Crippen LogP contribution in [-0.4, -0.2) is 13.1 Å². The molecule has 1 N–H and O–H groups in total. The van der Waals surface area contributed by atoms with E-state index in [1.165, 1.54) is 34.8 Å². The van der Waals surface area contributed by atoms with Crippen molar-refractivity contribution in [1.82, 2.24) is 5.32 Å². The first-order chi connectivity index (χ1) is 7.29. The summed E-state index contributed by atoms with van der Waals surface area (Å²) in [6.07, 6.45) is 5.34. The first-order valence-corrected chi connectivity index (χ1v) is 6.79. The average molecular weight is 315 g/mol. The van der Waals surface area contributed by atoms with Crippen LogP contribution in [0.3, 0.4) is 0 Å². The van der Waals surface area contributed by atoms with Gasteiger partial charge in [0, 0.05) is 9.61 Å². The second-order valence-electron chi connectivity index (χ2n) is 4.40. The Bertz CT molecular complexity index is 303. The molecule has 1 unspecified atom stereocenters. The predicted molar refractivity (Wildman–Crippen MR) is 73.1 cm³/mol. The van der Waals surface area contributed by atoms with E-state index in [0.29, 0.717) is 0 Å². The Balaban J connectivity index is 1.83. The monoisotopic (exact) mass is 315 g/mol. The van der Waals surface area contributed by atoms with Gasteiger partial charge in [-0.25, -0.2) is 0 Å². The Morgan fingerprint density at radius 2 is 2.00 bits per heavy atom. The van der Waals surface area contributed by atoms with Gasteiger partial charge in [-0.15, -0.1) is 0 Å². The van der Waals surface area contributed by atoms with E-state index in [0.717, 1.165) is 12.0 Å². The lowest BCUT2D eigenvalue weighted by atomic mass is 10.0. The summed E-state index contributed by atoms with van der Waals surface area (Å²) in [6.45, 7) is 0. The zero-order chi connectivity index (χ0) is 10.7. The number of hydrogen-bond acceptors (Lipinski definition) is 1. The van der Waals surface area contributed by atoms with Crippen molar-refractivity contribution < 1.29 is 0 Å². The van der Waals surface area contributed by atoms with Gasteiger partial charge in [-0.2, -0.15) is 0 Å². The summed E-state index contributed by atoms with van der Waals surface area (Å²) in [4.78, 5) is 0. The highest BCUT2D eigenvalue weighted by Gasteiger charge is 2.29. The number of aryl methyl sites for hydroxylation is 1. The van der Waals surface area contributed by atoms with Crippen molar-refractivity contribution in [2.24, 2.45) is 5.92 Å². The molecule has 0 amide bonds. The minimum Gasteiger partial charge on any atom is -0.317 e. The number of rotatable bonds is 5. The van der Waals surface area contributed by atoms with Crippen LogP contribution in [0.5, 0.6) is 0 Å². The summed E-state index contributed by atoms with van der Waals surface area (Å²) in [5.41, 5.74) is 1.47. The van der Waals surface area contributed by atoms with Gasteiger partial charge in [-0.05, 0) is 78.9 Å². The minimum atomic E-state index is 0.740. The van der Waals surface area contributed by atoms with Crippen molar-refractivity contribution in [3.8, 4) is 0 Å². The first-order valence-electron chi connectivity index (χ1n) is 5.71. The molecule has 1 aliphatic carbocycles. The van der Waals surface area contributed by atoms with E-state index in [2.05, 4.69) is 59.2 Å². The normalized spacial score (nSPS) is 17.7. The zero-order valence-corrected chi connectivity index (χ0v) is 11.3. The summed E-state index contributed by atoms with van der Waals surface area (Å²) in [5.74, 6) is 0.957. The maximum atomic E-state index is 3.44. The van der Waals surface area contributed by atoms with Gasteiger partial charge in [0.1, 0.15) is 0 Å². The second kappa shape index (κ2) is 5.30. The molecule has 1 saturated carbocycles. The van der Waals surface area contributed by atoms with E-state index in [1.54, 1.807) is 0 Å². The fourth-order valence-electron chi connectivity index (χ4n) is 2.09. The molecule has 1 aromatic carbocycles. The summed E-state index contributed by atoms with van der Waals surface area (Å²) in [7, 11) is 2.09. The van der Waals surface area contributed by atoms with Gasteiger partial charge in [0.25, 0.3) is 0 Å². The minimum absolute atomic E-state index is 0.740. The van der Waals surface area contributed by atoms with Gasteiger partial charge >= 0.3 is 0 Å². The van der Waals surface area contributed by atoms with Crippen molar-refractivity contribution in [3.05, 3.63) is 33.4 Å². The van der Waals surface area contributed by atoms with Gasteiger partial charge in [0.15, 0.2) is 0 Å². The van der Waals surface area contributed by atoms with Gasteiger partial charge in [0.2, 0.25) is 0 Å². The Hall–Kier alpha value is -0.0900. The number of nitrogens with one attached hydrogen (secondary N) is 1. The molecule has 0 radical (unpaired) electrons. The molecule has 0 aromatic heterocycles. The smallest absolute Gasteiger partial charge is 0.0130 e. The van der Waals surface area contributed by atoms with Gasteiger partial charge in [0.05, 0.1) is 0 Å². The molecular formula is C13H18IN. The molecule has 1 aromatic rings. The van der Waals surface area contributed by atoms with E-state index in [4.69, 9.17) is 0 Å². The Labute approximate surface area is 106 Å². The quantitative estimate of drug-likeness (QED) is 0.823. The van der Waals surface area contributed by atoms with Gasteiger partial charge < -0.3 is 5.32 Å². The van der Waals surface area contributed by atoms with E-state index < -0.39 is 0 Å². The summed E-state index contributed by atoms with van der Waals surface area (Å²) in [6, 6.07) is 9.63. The molecule has 0 saturated heterocycles. The molecule has 2 rings (SSSR count). The molecule has 0 heterocycles. The van der Waals surface area contributed by atoms with Crippen molar-refractivity contribution in [2.45, 2.75) is 31.7 Å². The zero-order valence-electron chi connectivity index (χ0n) is 9.17. The third-order valence-electron chi connectivity index (χ3n) is 3.22. The van der Waals surface area contributed by atoms with Crippen LogP contribution in [0.15, 0.2) is 24.3 Å². The molecule has 2 heteroatoms. The predicted octanol–water partition coefficient (Wildman–Crippen LogP) is 3.22. The number of hydrogen-bond donors (Lipinski definition) is 1. The highest BCUT2D eigenvalue weighted by Crippen LogP contribution is 2.34. The van der Waals surface area contributed by atoms with Crippen LogP contribution in [-0.2, 0) is 6.42 Å². The first kappa shape index (κ1) is 11.4. The van der Waals surface area contributed by atoms with Crippen LogP contribution in [0.2, 0.25) is 0 Å². The van der Waals surface area contributed by atoms with E-state index >= 15 is 0 Å². The van der Waals surface area contributed by atoms with E-state index in [9.17, 15) is 0 Å². The lowest BCUT2D eigenvalue weighted by Crippen LogP contribution is -2.27. The fraction of sp³-hybridized carbons (Fsp3) is 0.538. The SMILES string of the molecule is CNC(CCc1ccc(I)cc1)C1CC1. The summed E-state index contributed by atoms with van der Waals surface area (Å²) < 4.78 is 1.32. The third-order valence-corrected chi connectivity index (χ3v) is 3.94. The summed E-state index contributed by atoms with van der Waals surface area (Å²) in [5, 5.41) is 3.44. The maximum Gasteiger partial charge on any atom is 0.0130 e. The lowest BCUT2D eigenvalue weighted by molar-refractivity contribution is 0.470. The maximum absolute atomic E-state index is 3.44. The molecule has 0 bridgehead atoms. The molecule has 82 valence electrons. The highest BCUT2D eigenvalue weighted by atomic mass is 127. The van der Waals surface area contributed by atoms with Crippen LogP contribution in [0.1, 0.15) is 24.8 Å². The van der Waals surface area contributed by atoms with Gasteiger partial charge in [-0.1, -0.05) is 12.1 Å². The van der Waals surface area contributed by atoms with Crippen molar-refractivity contribution in [1.29, 1.82) is 0 Å². The summed E-state index contributed by atoms with van der Waals surface area (Å²) >= 11 is 2.35. The topological polar surface area (TPSA) is 12.0 Å². The molecule has 1 nitrogen and oxygen atoms in total. The van der Waals surface area contributed by atoms with Crippen LogP contribution in [0, 0.1) is 9.49 Å². The Morgan fingerprint density at radius 1 is 1.33 bits per heavy atom. The lowest BCUT2D eigenvalue weighted by Gasteiger charge is -2.14. The van der Waals surface area contributed by atoms with Crippen molar-refractivity contribution >= 4 is 22.6 Å². The second-order valence-corrected chi connectivity index (χ2v) is 5.64. The molecular weight excluding hydrogens is 297 g/mol. The van der Waals surface area contributed by atoms with E-state index in [1.807, 2.05) is 0 Å². The molecule has 1 fully saturated rings. The fourth-order valence-corrected chi connectivity index (χ4v) is 2.45. The molecule has 0 spiro atoms. The number of benzene rings is 1. The van der Waals surface area contributed by atoms with Crippen LogP contribution < -0.4 is 5.32 Å². The Morgan fingerprint density at radius 3 is 2.53 bits per heavy atom. The Kier molecular flexibility index (Phi) is 4.03. The van der Waals surface area contributed by atoms with E-state index in [-0.39, 0.29) is 0 Å². The molecule has 1 atom stereocenters. The largest absolute Gasteiger partial charge is 0.317 e. The third kappa shape index (κ3) is 3.45. The van der Waals surface area contributed by atoms with Crippen LogP contribution in [0.4, 0.5) is 0 Å². The molecule has 1 aliphatic rings. The molecule has 15 heavy (non-hydrogen) atoms. The van der Waals surface area contributed by atoms with Gasteiger partial charge in [-0.3, -0.25) is 0 Å². The number of halogens is 1. The molecule has 0 aliphatic heterocycles.